The van der Waals surface area contributed by atoms with Gasteiger partial charge in [0.1, 0.15) is 5.82 Å². The van der Waals surface area contributed by atoms with Crippen molar-refractivity contribution in [3.05, 3.63) is 12.1 Å². The Labute approximate surface area is 86.7 Å². The van der Waals surface area contributed by atoms with Crippen molar-refractivity contribution >= 4 is 11.5 Å². The van der Waals surface area contributed by atoms with Crippen molar-refractivity contribution in [2.45, 2.75) is 19.4 Å². The maximum absolute atomic E-state index is 5.63. The van der Waals surface area contributed by atoms with Crippen LogP contribution in [0.2, 0.25) is 0 Å². The first-order chi connectivity index (χ1) is 7.25. The Balaban J connectivity index is 2.02. The topological polar surface area (TPSA) is 94.0 Å². The van der Waals surface area contributed by atoms with Crippen LogP contribution < -0.4 is 11.1 Å². The quantitative estimate of drug-likeness (QED) is 0.712. The average Bonchev–Trinajstić information content (AvgIpc) is 2.64. The monoisotopic (exact) mass is 207 g/mol. The Morgan fingerprint density at radius 3 is 3.20 bits per heavy atom. The van der Waals surface area contributed by atoms with E-state index in [0.29, 0.717) is 5.65 Å². The van der Waals surface area contributed by atoms with E-state index in [0.717, 1.165) is 18.8 Å². The van der Waals surface area contributed by atoms with Gasteiger partial charge in [-0.15, -0.1) is 14.8 Å². The summed E-state index contributed by atoms with van der Waals surface area (Å²) in [6.45, 7) is 2.76. The Kier molecular flexibility index (Phi) is 2.72. The van der Waals surface area contributed by atoms with Crippen molar-refractivity contribution in [1.82, 2.24) is 25.3 Å². The highest BCUT2D eigenvalue weighted by molar-refractivity contribution is 5.41. The van der Waals surface area contributed by atoms with Gasteiger partial charge in [-0.3, -0.25) is 0 Å². The lowest BCUT2D eigenvalue weighted by molar-refractivity contribution is 0.684. The molecule has 0 saturated heterocycles. The highest BCUT2D eigenvalue weighted by Gasteiger charge is 2.00. The molecule has 1 unspecified atom stereocenters. The van der Waals surface area contributed by atoms with E-state index in [9.17, 15) is 0 Å². The third kappa shape index (κ3) is 2.38. The van der Waals surface area contributed by atoms with Crippen LogP contribution in [0.4, 0.5) is 5.82 Å². The number of aromatic nitrogens is 5. The predicted molar refractivity (Wildman–Crippen MR) is 55.3 cm³/mol. The number of hydrogen-bond donors (Lipinski definition) is 2. The summed E-state index contributed by atoms with van der Waals surface area (Å²) in [7, 11) is 0. The molecule has 0 bridgehead atoms. The maximum atomic E-state index is 5.63. The second-order valence-electron chi connectivity index (χ2n) is 3.44. The van der Waals surface area contributed by atoms with E-state index in [1.54, 1.807) is 6.07 Å². The summed E-state index contributed by atoms with van der Waals surface area (Å²) in [5.41, 5.74) is 6.26. The van der Waals surface area contributed by atoms with Crippen molar-refractivity contribution in [2.75, 3.05) is 11.9 Å². The molecule has 7 heteroatoms. The molecule has 80 valence electrons. The number of rotatable bonds is 4. The molecule has 7 nitrogen and oxygen atoms in total. The van der Waals surface area contributed by atoms with E-state index in [4.69, 9.17) is 5.73 Å². The molecule has 2 rings (SSSR count). The van der Waals surface area contributed by atoms with Gasteiger partial charge in [0, 0.05) is 12.6 Å². The molecule has 0 fully saturated rings. The van der Waals surface area contributed by atoms with Gasteiger partial charge in [-0.2, -0.15) is 0 Å². The molecule has 2 heterocycles. The molecular formula is C8H13N7. The summed E-state index contributed by atoms with van der Waals surface area (Å²) in [4.78, 5) is 0. The largest absolute Gasteiger partial charge is 0.369 e. The number of fused-ring (bicyclic) bond motifs is 1. The molecule has 0 aliphatic heterocycles. The number of anilines is 1. The minimum absolute atomic E-state index is 0.189. The smallest absolute Gasteiger partial charge is 0.200 e. The molecule has 0 aliphatic rings. The standard InChI is InChI=1S/C8H13N7/c1-6(9)4-5-10-7-2-3-8-11-13-14-15(8)12-7/h2-3,6H,4-5,9H2,1H3,(H,10,12). The number of hydrogen-bond acceptors (Lipinski definition) is 6. The van der Waals surface area contributed by atoms with Crippen LogP contribution in [-0.4, -0.2) is 37.8 Å². The first-order valence-corrected chi connectivity index (χ1v) is 4.80. The van der Waals surface area contributed by atoms with Crippen LogP contribution in [0.15, 0.2) is 12.1 Å². The van der Waals surface area contributed by atoms with Crippen LogP contribution in [-0.2, 0) is 0 Å². The first-order valence-electron chi connectivity index (χ1n) is 4.80. The molecule has 3 N–H and O–H groups in total. The third-order valence-corrected chi connectivity index (χ3v) is 1.98. The normalized spacial score (nSPS) is 12.9. The van der Waals surface area contributed by atoms with Gasteiger partial charge < -0.3 is 11.1 Å². The van der Waals surface area contributed by atoms with E-state index in [1.807, 2.05) is 13.0 Å². The number of nitrogens with two attached hydrogens (primary N) is 1. The van der Waals surface area contributed by atoms with Gasteiger partial charge in [-0.1, -0.05) is 0 Å². The van der Waals surface area contributed by atoms with E-state index in [1.165, 1.54) is 4.63 Å². The molecule has 0 saturated carbocycles. The molecule has 2 aromatic heterocycles. The van der Waals surface area contributed by atoms with Gasteiger partial charge in [0.15, 0.2) is 5.65 Å². The van der Waals surface area contributed by atoms with Crippen molar-refractivity contribution in [2.24, 2.45) is 5.73 Å². The average molecular weight is 207 g/mol. The number of nitrogens with one attached hydrogen (secondary N) is 1. The molecule has 15 heavy (non-hydrogen) atoms. The Hall–Kier alpha value is -1.76. The van der Waals surface area contributed by atoms with Crippen molar-refractivity contribution in [1.29, 1.82) is 0 Å². The van der Waals surface area contributed by atoms with Gasteiger partial charge >= 0.3 is 0 Å². The minimum atomic E-state index is 0.189. The molecule has 0 aliphatic carbocycles. The van der Waals surface area contributed by atoms with Crippen LogP contribution in [0.1, 0.15) is 13.3 Å². The molecule has 0 aromatic carbocycles. The van der Waals surface area contributed by atoms with Gasteiger partial charge in [0.05, 0.1) is 0 Å². The Bertz CT molecular complexity index is 435. The summed E-state index contributed by atoms with van der Waals surface area (Å²) in [5.74, 6) is 0.746. The highest BCUT2D eigenvalue weighted by atomic mass is 15.6. The van der Waals surface area contributed by atoms with E-state index in [-0.39, 0.29) is 6.04 Å². The Morgan fingerprint density at radius 1 is 1.53 bits per heavy atom. The number of nitrogens with zero attached hydrogens (tertiary/aromatic N) is 5. The maximum Gasteiger partial charge on any atom is 0.200 e. The third-order valence-electron chi connectivity index (χ3n) is 1.98. The van der Waals surface area contributed by atoms with E-state index in [2.05, 4.69) is 25.9 Å². The lowest BCUT2D eigenvalue weighted by atomic mass is 10.2. The fourth-order valence-corrected chi connectivity index (χ4v) is 1.17. The van der Waals surface area contributed by atoms with Crippen molar-refractivity contribution in [3.63, 3.8) is 0 Å². The molecule has 0 amide bonds. The second kappa shape index (κ2) is 4.18. The summed E-state index contributed by atoms with van der Waals surface area (Å²) < 4.78 is 1.38. The van der Waals surface area contributed by atoms with Crippen molar-refractivity contribution in [3.8, 4) is 0 Å². The molecule has 2 aromatic rings. The summed E-state index contributed by atoms with van der Waals surface area (Å²) in [6, 6.07) is 3.84. The van der Waals surface area contributed by atoms with Gasteiger partial charge in [0.2, 0.25) is 0 Å². The van der Waals surface area contributed by atoms with Gasteiger partial charge in [0.25, 0.3) is 0 Å². The molecule has 0 spiro atoms. The fourth-order valence-electron chi connectivity index (χ4n) is 1.17. The summed E-state index contributed by atoms with van der Waals surface area (Å²) in [5, 5.41) is 18.3. The van der Waals surface area contributed by atoms with Crippen LogP contribution in [0, 0.1) is 0 Å². The first kappa shape index (κ1) is 9.78. The predicted octanol–water partition coefficient (Wildman–Crippen LogP) is -0.332. The van der Waals surface area contributed by atoms with Crippen LogP contribution in [0.5, 0.6) is 0 Å². The lowest BCUT2D eigenvalue weighted by Gasteiger charge is -2.06. The summed E-state index contributed by atoms with van der Waals surface area (Å²) in [6.07, 6.45) is 0.898. The minimum Gasteiger partial charge on any atom is -0.369 e. The van der Waals surface area contributed by atoms with Crippen LogP contribution >= 0.6 is 0 Å². The van der Waals surface area contributed by atoms with Gasteiger partial charge in [-0.05, 0) is 35.9 Å². The molecular weight excluding hydrogens is 194 g/mol. The lowest BCUT2D eigenvalue weighted by Crippen LogP contribution is -2.19. The Morgan fingerprint density at radius 2 is 2.40 bits per heavy atom. The van der Waals surface area contributed by atoms with E-state index < -0.39 is 0 Å². The van der Waals surface area contributed by atoms with E-state index >= 15 is 0 Å². The molecule has 1 atom stereocenters. The summed E-state index contributed by atoms with van der Waals surface area (Å²) >= 11 is 0. The van der Waals surface area contributed by atoms with Crippen LogP contribution in [0.25, 0.3) is 5.65 Å². The zero-order valence-electron chi connectivity index (χ0n) is 8.46. The zero-order valence-corrected chi connectivity index (χ0v) is 8.46. The SMILES string of the molecule is CC(N)CCNc1ccc2nnnn2n1. The number of tetrazole rings is 1. The van der Waals surface area contributed by atoms with Crippen LogP contribution in [0.3, 0.4) is 0 Å². The highest BCUT2D eigenvalue weighted by Crippen LogP contribution is 2.03. The fraction of sp³-hybridized carbons (Fsp3) is 0.500. The van der Waals surface area contributed by atoms with Gasteiger partial charge in [-0.25, -0.2) is 0 Å². The zero-order chi connectivity index (χ0) is 10.7. The molecule has 0 radical (unpaired) electrons. The second-order valence-corrected chi connectivity index (χ2v) is 3.44. The van der Waals surface area contributed by atoms with Crippen molar-refractivity contribution < 1.29 is 0 Å².